The molecule has 7 nitrogen and oxygen atoms in total. The zero-order chi connectivity index (χ0) is 18.5. The molecule has 3 aromatic heterocycles. The van der Waals surface area contributed by atoms with Crippen LogP contribution in [0.4, 0.5) is 0 Å². The first-order chi connectivity index (χ1) is 13.1. The summed E-state index contributed by atoms with van der Waals surface area (Å²) in [7, 11) is 0. The number of hydrogen-bond donors (Lipinski definition) is 0. The van der Waals surface area contributed by atoms with Crippen molar-refractivity contribution in [3.05, 3.63) is 34.6 Å². The molecule has 1 aliphatic carbocycles. The molecule has 5 rings (SSSR count). The average Bonchev–Trinajstić information content (AvgIpc) is 3.27. The van der Waals surface area contributed by atoms with Crippen LogP contribution in [0.2, 0.25) is 0 Å². The van der Waals surface area contributed by atoms with E-state index in [0.717, 1.165) is 58.1 Å². The zero-order valence-electron chi connectivity index (χ0n) is 15.6. The number of amides is 1. The van der Waals surface area contributed by atoms with E-state index in [-0.39, 0.29) is 5.91 Å². The van der Waals surface area contributed by atoms with Gasteiger partial charge in [0.15, 0.2) is 0 Å². The summed E-state index contributed by atoms with van der Waals surface area (Å²) in [5.74, 6) is 1.60. The van der Waals surface area contributed by atoms with E-state index in [2.05, 4.69) is 10.1 Å². The van der Waals surface area contributed by atoms with Gasteiger partial charge in [-0.1, -0.05) is 0 Å². The number of carbonyl (C=O) groups is 1. The molecular weight excluding hydrogens is 360 g/mol. The lowest BCUT2D eigenvalue weighted by Crippen LogP contribution is -2.39. The molecule has 0 aromatic carbocycles. The minimum atomic E-state index is 0.125. The van der Waals surface area contributed by atoms with Gasteiger partial charge >= 0.3 is 0 Å². The number of aryl methyl sites for hydroxylation is 2. The lowest BCUT2D eigenvalue weighted by Gasteiger charge is -2.31. The maximum atomic E-state index is 13.2. The number of fused-ring (bicyclic) bond motifs is 1. The highest BCUT2D eigenvalue weighted by Gasteiger charge is 2.30. The Morgan fingerprint density at radius 3 is 2.59 bits per heavy atom. The van der Waals surface area contributed by atoms with Crippen LogP contribution in [0.15, 0.2) is 12.7 Å². The number of piperidine rings is 1. The Bertz CT molecular complexity index is 999. The van der Waals surface area contributed by atoms with E-state index in [4.69, 9.17) is 9.97 Å². The Morgan fingerprint density at radius 2 is 1.93 bits per heavy atom. The van der Waals surface area contributed by atoms with Crippen molar-refractivity contribution in [2.75, 3.05) is 13.1 Å². The molecule has 4 heterocycles. The van der Waals surface area contributed by atoms with E-state index in [0.29, 0.717) is 12.0 Å². The topological polar surface area (TPSA) is 76.8 Å². The Balaban J connectivity index is 1.39. The Kier molecular flexibility index (Phi) is 3.96. The third kappa shape index (κ3) is 2.92. The van der Waals surface area contributed by atoms with Crippen LogP contribution in [-0.2, 0) is 0 Å². The lowest BCUT2D eigenvalue weighted by molar-refractivity contribution is 0.0694. The summed E-state index contributed by atoms with van der Waals surface area (Å²) in [6, 6.07) is 0.328. The first kappa shape index (κ1) is 16.8. The van der Waals surface area contributed by atoms with E-state index in [1.54, 1.807) is 12.7 Å². The molecule has 2 fully saturated rings. The summed E-state index contributed by atoms with van der Waals surface area (Å²) in [6.45, 7) is 5.55. The van der Waals surface area contributed by atoms with Crippen LogP contribution >= 0.6 is 11.3 Å². The van der Waals surface area contributed by atoms with Crippen LogP contribution in [0.3, 0.4) is 0 Å². The van der Waals surface area contributed by atoms with Gasteiger partial charge < -0.3 is 4.90 Å². The molecule has 0 N–H and O–H groups in total. The van der Waals surface area contributed by atoms with Gasteiger partial charge in [0.1, 0.15) is 23.3 Å². The number of nitrogens with zero attached hydrogens (tertiary/aromatic N) is 6. The number of likely N-dealkylation sites (tertiary alicyclic amines) is 1. The molecule has 1 aliphatic heterocycles. The SMILES string of the molecule is Cc1nc(C2CC2)nc2sc(C(=O)N3CCC(n4cncn4)CC3)c(C)c12. The monoisotopic (exact) mass is 382 g/mol. The first-order valence-electron chi connectivity index (χ1n) is 9.53. The summed E-state index contributed by atoms with van der Waals surface area (Å²) in [5, 5.41) is 5.30. The highest BCUT2D eigenvalue weighted by molar-refractivity contribution is 7.20. The summed E-state index contributed by atoms with van der Waals surface area (Å²) in [4.78, 5) is 30.4. The molecule has 3 aromatic rings. The van der Waals surface area contributed by atoms with Gasteiger partial charge in [-0.05, 0) is 45.1 Å². The van der Waals surface area contributed by atoms with Crippen molar-refractivity contribution in [3.63, 3.8) is 0 Å². The Labute approximate surface area is 161 Å². The maximum Gasteiger partial charge on any atom is 0.264 e. The second-order valence-electron chi connectivity index (χ2n) is 7.58. The molecule has 1 amide bonds. The van der Waals surface area contributed by atoms with E-state index in [9.17, 15) is 4.79 Å². The lowest BCUT2D eigenvalue weighted by atomic mass is 10.0. The van der Waals surface area contributed by atoms with Crippen molar-refractivity contribution < 1.29 is 4.79 Å². The molecule has 27 heavy (non-hydrogen) atoms. The second-order valence-corrected chi connectivity index (χ2v) is 8.58. The van der Waals surface area contributed by atoms with Crippen LogP contribution in [0.25, 0.3) is 10.2 Å². The fourth-order valence-electron chi connectivity index (χ4n) is 3.97. The molecule has 8 heteroatoms. The largest absolute Gasteiger partial charge is 0.338 e. The standard InChI is InChI=1S/C19H22N6OS/c1-11-15-12(2)22-17(13-3-4-13)23-18(15)27-16(11)19(26)24-7-5-14(6-8-24)25-10-20-9-21-25/h9-10,13-14H,3-8H2,1-2H3. The smallest absolute Gasteiger partial charge is 0.264 e. The molecule has 140 valence electrons. The van der Waals surface area contributed by atoms with Crippen molar-refractivity contribution in [2.24, 2.45) is 0 Å². The second kappa shape index (κ2) is 6.37. The van der Waals surface area contributed by atoms with Crippen molar-refractivity contribution in [3.8, 4) is 0 Å². The fourth-order valence-corrected chi connectivity index (χ4v) is 5.18. The van der Waals surface area contributed by atoms with Crippen LogP contribution in [-0.4, -0.2) is 48.6 Å². The number of carbonyl (C=O) groups excluding carboxylic acids is 1. The molecule has 0 radical (unpaired) electrons. The van der Waals surface area contributed by atoms with E-state index in [1.165, 1.54) is 24.2 Å². The number of thiophene rings is 1. The quantitative estimate of drug-likeness (QED) is 0.695. The summed E-state index contributed by atoms with van der Waals surface area (Å²) < 4.78 is 1.91. The maximum absolute atomic E-state index is 13.2. The Morgan fingerprint density at radius 1 is 1.15 bits per heavy atom. The third-order valence-corrected chi connectivity index (χ3v) is 6.86. The van der Waals surface area contributed by atoms with Crippen molar-refractivity contribution in [1.82, 2.24) is 29.6 Å². The van der Waals surface area contributed by atoms with Gasteiger partial charge in [-0.2, -0.15) is 5.10 Å². The molecule has 0 bridgehead atoms. The van der Waals surface area contributed by atoms with Crippen molar-refractivity contribution in [2.45, 2.75) is 51.5 Å². The summed E-state index contributed by atoms with van der Waals surface area (Å²) in [5.41, 5.74) is 2.03. The van der Waals surface area contributed by atoms with Gasteiger partial charge in [0, 0.05) is 24.4 Å². The minimum absolute atomic E-state index is 0.125. The van der Waals surface area contributed by atoms with Gasteiger partial charge in [0.05, 0.1) is 16.6 Å². The summed E-state index contributed by atoms with van der Waals surface area (Å²) >= 11 is 1.53. The molecular formula is C19H22N6OS. The first-order valence-corrected chi connectivity index (χ1v) is 10.3. The summed E-state index contributed by atoms with van der Waals surface area (Å²) in [6.07, 6.45) is 7.51. The predicted octanol–water partition coefficient (Wildman–Crippen LogP) is 3.25. The molecule has 1 saturated heterocycles. The number of hydrogen-bond acceptors (Lipinski definition) is 6. The number of rotatable bonds is 3. The average molecular weight is 382 g/mol. The van der Waals surface area contributed by atoms with E-state index >= 15 is 0 Å². The van der Waals surface area contributed by atoms with Gasteiger partial charge in [-0.3, -0.25) is 4.79 Å². The molecule has 1 saturated carbocycles. The zero-order valence-corrected chi connectivity index (χ0v) is 16.4. The fraction of sp³-hybridized carbons (Fsp3) is 0.526. The van der Waals surface area contributed by atoms with Crippen molar-refractivity contribution in [1.29, 1.82) is 0 Å². The highest BCUT2D eigenvalue weighted by atomic mass is 32.1. The van der Waals surface area contributed by atoms with Crippen LogP contribution in [0, 0.1) is 13.8 Å². The van der Waals surface area contributed by atoms with E-state index in [1.807, 2.05) is 23.4 Å². The van der Waals surface area contributed by atoms with Crippen molar-refractivity contribution >= 4 is 27.5 Å². The molecule has 0 unspecified atom stereocenters. The normalized spacial score (nSPS) is 18.4. The predicted molar refractivity (Wildman–Crippen MR) is 103 cm³/mol. The molecule has 0 spiro atoms. The molecule has 0 atom stereocenters. The minimum Gasteiger partial charge on any atom is -0.338 e. The van der Waals surface area contributed by atoms with Gasteiger partial charge in [0.25, 0.3) is 5.91 Å². The van der Waals surface area contributed by atoms with Gasteiger partial charge in [0.2, 0.25) is 0 Å². The van der Waals surface area contributed by atoms with Gasteiger partial charge in [-0.15, -0.1) is 11.3 Å². The third-order valence-electron chi connectivity index (χ3n) is 5.69. The van der Waals surface area contributed by atoms with Crippen LogP contribution < -0.4 is 0 Å². The Hall–Kier alpha value is -2.35. The van der Waals surface area contributed by atoms with E-state index < -0.39 is 0 Å². The highest BCUT2D eigenvalue weighted by Crippen LogP contribution is 2.40. The van der Waals surface area contributed by atoms with Crippen LogP contribution in [0.5, 0.6) is 0 Å². The molecule has 2 aliphatic rings. The number of aromatic nitrogens is 5. The van der Waals surface area contributed by atoms with Crippen LogP contribution in [0.1, 0.15) is 64.4 Å². The van der Waals surface area contributed by atoms with Gasteiger partial charge in [-0.25, -0.2) is 19.6 Å².